The number of nitrogens with one attached hydrogen (secondary N) is 1. The first-order chi connectivity index (χ1) is 12.2. The van der Waals surface area contributed by atoms with E-state index < -0.39 is 58.5 Å². The van der Waals surface area contributed by atoms with E-state index in [4.69, 9.17) is 4.74 Å². The number of carbonyl (C=O) groups excluding carboxylic acids is 2. The summed E-state index contributed by atoms with van der Waals surface area (Å²) in [7, 11) is 0. The van der Waals surface area contributed by atoms with E-state index in [0.717, 1.165) is 0 Å². The fourth-order valence-electron chi connectivity index (χ4n) is 1.98. The van der Waals surface area contributed by atoms with E-state index in [1.807, 2.05) is 0 Å². The molecule has 1 atom stereocenters. The molecule has 0 saturated carbocycles. The highest BCUT2D eigenvalue weighted by atomic mass is 19.2. The lowest BCUT2D eigenvalue weighted by Crippen LogP contribution is -2.46. The number of benzene rings is 1. The number of carbonyl (C=O) groups is 2. The summed E-state index contributed by atoms with van der Waals surface area (Å²) in [5, 5.41) is 2.16. The molecule has 0 bridgehead atoms. The van der Waals surface area contributed by atoms with E-state index >= 15 is 0 Å². The second kappa shape index (κ2) is 8.53. The topological polar surface area (TPSA) is 64.6 Å². The van der Waals surface area contributed by atoms with Crippen LogP contribution in [0.1, 0.15) is 41.0 Å². The van der Waals surface area contributed by atoms with Gasteiger partial charge in [0.15, 0.2) is 0 Å². The smallest absolute Gasteiger partial charge is 0.408 e. The molecule has 0 spiro atoms. The Morgan fingerprint density at radius 1 is 0.926 bits per heavy atom. The average Bonchev–Trinajstić information content (AvgIpc) is 2.52. The SMILES string of the molecule is CC(C)CC(NC(=O)OC(C)(C)C)C(=O)Oc1c(F)c(F)c(F)c(F)c1F. The van der Waals surface area contributed by atoms with E-state index in [9.17, 15) is 31.5 Å². The molecule has 1 unspecified atom stereocenters. The van der Waals surface area contributed by atoms with Gasteiger partial charge in [-0.05, 0) is 33.1 Å². The van der Waals surface area contributed by atoms with Crippen molar-refractivity contribution in [2.45, 2.75) is 52.7 Å². The molecule has 0 aromatic heterocycles. The van der Waals surface area contributed by atoms with Crippen molar-refractivity contribution >= 4 is 12.1 Å². The van der Waals surface area contributed by atoms with Gasteiger partial charge in [0.2, 0.25) is 34.8 Å². The molecule has 0 aliphatic rings. The van der Waals surface area contributed by atoms with Crippen LogP contribution in [0, 0.1) is 35.0 Å². The number of hydrogen-bond donors (Lipinski definition) is 1. The van der Waals surface area contributed by atoms with E-state index in [2.05, 4.69) is 10.1 Å². The number of alkyl carbamates (subject to hydrolysis) is 1. The van der Waals surface area contributed by atoms with Gasteiger partial charge in [0.25, 0.3) is 0 Å². The molecule has 1 N–H and O–H groups in total. The van der Waals surface area contributed by atoms with Crippen molar-refractivity contribution in [3.63, 3.8) is 0 Å². The molecule has 0 heterocycles. The van der Waals surface area contributed by atoms with Crippen LogP contribution in [0.3, 0.4) is 0 Å². The molecule has 5 nitrogen and oxygen atoms in total. The third-order valence-electron chi connectivity index (χ3n) is 3.05. The van der Waals surface area contributed by atoms with Crippen LogP contribution in [0.15, 0.2) is 0 Å². The maximum absolute atomic E-state index is 13.7. The van der Waals surface area contributed by atoms with Crippen LogP contribution in [0.4, 0.5) is 26.7 Å². The summed E-state index contributed by atoms with van der Waals surface area (Å²) in [5.41, 5.74) is -0.891. The van der Waals surface area contributed by atoms with Gasteiger partial charge in [0, 0.05) is 0 Å². The highest BCUT2D eigenvalue weighted by Gasteiger charge is 2.32. The van der Waals surface area contributed by atoms with Gasteiger partial charge in [0.05, 0.1) is 0 Å². The van der Waals surface area contributed by atoms with Crippen LogP contribution in [0.2, 0.25) is 0 Å². The summed E-state index contributed by atoms with van der Waals surface area (Å²) in [6, 6.07) is -1.44. The summed E-state index contributed by atoms with van der Waals surface area (Å²) in [6.45, 7) is 8.05. The Labute approximate surface area is 152 Å². The predicted molar refractivity (Wildman–Crippen MR) is 84.5 cm³/mol. The summed E-state index contributed by atoms with van der Waals surface area (Å²) in [5.74, 6) is -14.8. The Bertz CT molecular complexity index is 702. The van der Waals surface area contributed by atoms with Gasteiger partial charge in [-0.25, -0.2) is 22.8 Å². The van der Waals surface area contributed by atoms with Crippen molar-refractivity contribution in [1.29, 1.82) is 0 Å². The van der Waals surface area contributed by atoms with Crippen LogP contribution in [-0.4, -0.2) is 23.7 Å². The van der Waals surface area contributed by atoms with Crippen molar-refractivity contribution in [1.82, 2.24) is 5.32 Å². The lowest BCUT2D eigenvalue weighted by molar-refractivity contribution is -0.137. The number of amides is 1. The van der Waals surface area contributed by atoms with E-state index in [0.29, 0.717) is 0 Å². The predicted octanol–water partition coefficient (Wildman–Crippen LogP) is 4.23. The first kappa shape index (κ1) is 22.7. The first-order valence-electron chi connectivity index (χ1n) is 7.97. The molecule has 0 aliphatic carbocycles. The molecule has 27 heavy (non-hydrogen) atoms. The monoisotopic (exact) mass is 397 g/mol. The Balaban J connectivity index is 3.10. The van der Waals surface area contributed by atoms with Crippen LogP contribution >= 0.6 is 0 Å². The van der Waals surface area contributed by atoms with Gasteiger partial charge in [-0.1, -0.05) is 13.8 Å². The van der Waals surface area contributed by atoms with Gasteiger partial charge in [0.1, 0.15) is 11.6 Å². The Kier molecular flexibility index (Phi) is 7.16. The summed E-state index contributed by atoms with van der Waals surface area (Å²) in [4.78, 5) is 24.0. The van der Waals surface area contributed by atoms with Crippen molar-refractivity contribution in [2.75, 3.05) is 0 Å². The summed E-state index contributed by atoms with van der Waals surface area (Å²) in [6.07, 6.45) is -1.05. The minimum atomic E-state index is -2.38. The molecule has 1 rings (SSSR count). The standard InChI is InChI=1S/C17H20F5NO4/c1-7(2)6-8(23-16(25)27-17(3,4)5)15(24)26-14-12(21)10(19)9(18)11(20)13(14)22/h7-8H,6H2,1-5H3,(H,23,25). The van der Waals surface area contributed by atoms with Crippen molar-refractivity contribution < 1.29 is 41.0 Å². The number of hydrogen-bond acceptors (Lipinski definition) is 4. The first-order valence-corrected chi connectivity index (χ1v) is 7.97. The molecule has 1 aromatic carbocycles. The minimum absolute atomic E-state index is 0.0343. The maximum Gasteiger partial charge on any atom is 0.408 e. The van der Waals surface area contributed by atoms with Gasteiger partial charge in [-0.15, -0.1) is 0 Å². The van der Waals surface area contributed by atoms with Gasteiger partial charge in [-0.3, -0.25) is 0 Å². The van der Waals surface area contributed by atoms with Crippen molar-refractivity contribution in [2.24, 2.45) is 5.92 Å². The number of halogens is 5. The second-order valence-corrected chi connectivity index (χ2v) is 7.15. The molecule has 1 amide bonds. The summed E-state index contributed by atoms with van der Waals surface area (Å²) >= 11 is 0. The fourth-order valence-corrected chi connectivity index (χ4v) is 1.98. The van der Waals surface area contributed by atoms with Crippen LogP contribution in [0.25, 0.3) is 0 Å². The molecule has 0 aliphatic heterocycles. The van der Waals surface area contributed by atoms with Gasteiger partial charge in [-0.2, -0.15) is 8.78 Å². The number of ether oxygens (including phenoxy) is 2. The third-order valence-corrected chi connectivity index (χ3v) is 3.05. The fraction of sp³-hybridized carbons (Fsp3) is 0.529. The molecular weight excluding hydrogens is 377 g/mol. The van der Waals surface area contributed by atoms with E-state index in [-0.39, 0.29) is 12.3 Å². The maximum atomic E-state index is 13.7. The van der Waals surface area contributed by atoms with Crippen molar-refractivity contribution in [3.05, 3.63) is 29.1 Å². The molecule has 0 radical (unpaired) electrons. The zero-order chi connectivity index (χ0) is 21.1. The van der Waals surface area contributed by atoms with E-state index in [1.54, 1.807) is 34.6 Å². The highest BCUT2D eigenvalue weighted by molar-refractivity contribution is 5.83. The van der Waals surface area contributed by atoms with Gasteiger partial charge >= 0.3 is 12.1 Å². The molecule has 1 aromatic rings. The zero-order valence-electron chi connectivity index (χ0n) is 15.4. The quantitative estimate of drug-likeness (QED) is 0.266. The molecule has 0 fully saturated rings. The molecule has 0 saturated heterocycles. The number of rotatable bonds is 5. The van der Waals surface area contributed by atoms with Crippen LogP contribution in [0.5, 0.6) is 5.75 Å². The number of esters is 1. The third kappa shape index (κ3) is 6.07. The largest absolute Gasteiger partial charge is 0.444 e. The normalized spacial score (nSPS) is 12.7. The van der Waals surface area contributed by atoms with Crippen LogP contribution < -0.4 is 10.1 Å². The summed E-state index contributed by atoms with van der Waals surface area (Å²) < 4.78 is 76.2. The van der Waals surface area contributed by atoms with Gasteiger partial charge < -0.3 is 14.8 Å². The Morgan fingerprint density at radius 2 is 1.37 bits per heavy atom. The van der Waals surface area contributed by atoms with Crippen LogP contribution in [-0.2, 0) is 9.53 Å². The highest BCUT2D eigenvalue weighted by Crippen LogP contribution is 2.29. The second-order valence-electron chi connectivity index (χ2n) is 7.15. The minimum Gasteiger partial charge on any atom is -0.444 e. The Hall–Kier alpha value is -2.39. The molecule has 152 valence electrons. The Morgan fingerprint density at radius 3 is 1.78 bits per heavy atom. The van der Waals surface area contributed by atoms with E-state index in [1.165, 1.54) is 0 Å². The molecule has 10 heteroatoms. The molecular formula is C17H20F5NO4. The van der Waals surface area contributed by atoms with Crippen molar-refractivity contribution in [3.8, 4) is 5.75 Å². The lowest BCUT2D eigenvalue weighted by Gasteiger charge is -2.23. The zero-order valence-corrected chi connectivity index (χ0v) is 15.4. The average molecular weight is 397 g/mol. The lowest BCUT2D eigenvalue weighted by atomic mass is 10.0.